The molecule has 1 aromatic heterocycles. The van der Waals surface area contributed by atoms with Crippen LogP contribution >= 0.6 is 0 Å². The number of anilines is 1. The predicted molar refractivity (Wildman–Crippen MR) is 92.0 cm³/mol. The van der Waals surface area contributed by atoms with E-state index >= 15 is 0 Å². The molecule has 2 aliphatic rings. The van der Waals surface area contributed by atoms with Crippen LogP contribution in [0.2, 0.25) is 0 Å². The van der Waals surface area contributed by atoms with Crippen LogP contribution in [-0.2, 0) is 19.9 Å². The molecular formula is C18H23F4N3O3. The number of carbonyl (C=O) groups excluding carboxylic acids is 1. The number of pyridine rings is 1. The van der Waals surface area contributed by atoms with E-state index in [2.05, 4.69) is 4.98 Å². The van der Waals surface area contributed by atoms with E-state index in [-0.39, 0.29) is 50.4 Å². The van der Waals surface area contributed by atoms with E-state index < -0.39 is 48.1 Å². The first-order valence-electron chi connectivity index (χ1n) is 9.19. The van der Waals surface area contributed by atoms with Crippen LogP contribution in [0.5, 0.6) is 0 Å². The highest BCUT2D eigenvalue weighted by atomic mass is 19.2. The molecule has 10 heteroatoms. The lowest BCUT2D eigenvalue weighted by molar-refractivity contribution is -0.154. The Balaban J connectivity index is 2.17. The van der Waals surface area contributed by atoms with Crippen molar-refractivity contribution >= 4 is 11.7 Å². The van der Waals surface area contributed by atoms with Crippen molar-refractivity contribution in [2.45, 2.75) is 37.5 Å². The van der Waals surface area contributed by atoms with Gasteiger partial charge in [0, 0.05) is 12.5 Å². The number of hydrogen-bond acceptors (Lipinski definition) is 5. The zero-order valence-corrected chi connectivity index (χ0v) is 15.5. The summed E-state index contributed by atoms with van der Waals surface area (Å²) in [5.74, 6) is -4.31. The topological polar surface area (TPSA) is 81.0 Å². The van der Waals surface area contributed by atoms with Crippen LogP contribution in [0.25, 0.3) is 0 Å². The molecule has 0 aromatic carbocycles. The zero-order valence-electron chi connectivity index (χ0n) is 15.5. The summed E-state index contributed by atoms with van der Waals surface area (Å²) in [5.41, 5.74) is 2.42. The van der Waals surface area contributed by atoms with Crippen molar-refractivity contribution in [3.63, 3.8) is 0 Å². The van der Waals surface area contributed by atoms with E-state index in [9.17, 15) is 22.4 Å². The fraction of sp³-hybridized carbons (Fsp3) is 0.667. The lowest BCUT2D eigenvalue weighted by Crippen LogP contribution is -2.51. The monoisotopic (exact) mass is 405 g/mol. The van der Waals surface area contributed by atoms with Gasteiger partial charge in [-0.3, -0.25) is 18.5 Å². The van der Waals surface area contributed by atoms with Gasteiger partial charge in [0.25, 0.3) is 5.91 Å². The Kier molecular flexibility index (Phi) is 5.92. The number of rotatable bonds is 10. The molecule has 0 saturated carbocycles. The van der Waals surface area contributed by atoms with Gasteiger partial charge in [0.15, 0.2) is 23.0 Å². The van der Waals surface area contributed by atoms with Crippen molar-refractivity contribution in [2.24, 2.45) is 11.7 Å². The fourth-order valence-electron chi connectivity index (χ4n) is 3.86. The van der Waals surface area contributed by atoms with Crippen molar-refractivity contribution in [1.82, 2.24) is 4.98 Å². The molecule has 1 amide bonds. The Bertz CT molecular complexity index is 747. The number of alkyl halides is 2. The second-order valence-electron chi connectivity index (χ2n) is 7.04. The van der Waals surface area contributed by atoms with Gasteiger partial charge in [-0.15, -0.1) is 0 Å². The van der Waals surface area contributed by atoms with E-state index in [4.69, 9.17) is 15.2 Å². The minimum Gasteiger partial charge on any atom is -0.360 e. The first-order valence-corrected chi connectivity index (χ1v) is 9.19. The standard InChI is InChI=1S/C18H23F4N3O3/c1-2-27-18(11(5-7-20)4-3-6-19)13-14(22)12(21)8-24-15(13)25(16(18)26)9-17(23)10-28-17/h8,11H,2-7,9-10,23H2,1H3/t11-,17?,18-/m0/s1. The minimum absolute atomic E-state index is 0.0242. The molecule has 0 radical (unpaired) electrons. The minimum atomic E-state index is -2.00. The average molecular weight is 405 g/mol. The number of aromatic nitrogens is 1. The highest BCUT2D eigenvalue weighted by Crippen LogP contribution is 2.51. The Hall–Kier alpha value is -1.78. The highest BCUT2D eigenvalue weighted by Gasteiger charge is 2.61. The molecule has 0 bridgehead atoms. The number of carbonyl (C=O) groups is 1. The van der Waals surface area contributed by atoms with Gasteiger partial charge in [0.2, 0.25) is 0 Å². The molecule has 6 nitrogen and oxygen atoms in total. The number of nitrogens with two attached hydrogens (primary N) is 1. The molecule has 1 unspecified atom stereocenters. The highest BCUT2D eigenvalue weighted by molar-refractivity contribution is 6.06. The van der Waals surface area contributed by atoms with Crippen LogP contribution in [0.15, 0.2) is 6.20 Å². The first kappa shape index (κ1) is 20.9. The Morgan fingerprint density at radius 1 is 1.36 bits per heavy atom. The number of fused-ring (bicyclic) bond motifs is 1. The van der Waals surface area contributed by atoms with Gasteiger partial charge in [-0.05, 0) is 26.2 Å². The van der Waals surface area contributed by atoms with Crippen LogP contribution in [0, 0.1) is 17.6 Å². The van der Waals surface area contributed by atoms with Crippen molar-refractivity contribution in [2.75, 3.05) is 38.0 Å². The molecule has 1 saturated heterocycles. The van der Waals surface area contributed by atoms with Crippen molar-refractivity contribution < 1.29 is 31.8 Å². The van der Waals surface area contributed by atoms with Gasteiger partial charge in [-0.2, -0.15) is 0 Å². The lowest BCUT2D eigenvalue weighted by atomic mass is 9.77. The van der Waals surface area contributed by atoms with Crippen molar-refractivity contribution in [1.29, 1.82) is 0 Å². The molecule has 3 atom stereocenters. The molecular weight excluding hydrogens is 382 g/mol. The summed E-state index contributed by atoms with van der Waals surface area (Å²) in [6.45, 7) is 0.0716. The fourth-order valence-corrected chi connectivity index (χ4v) is 3.86. The summed E-state index contributed by atoms with van der Waals surface area (Å²) < 4.78 is 66.0. The SMILES string of the molecule is CCO[C@]1([C@H](CCF)CCCF)C(=O)N(CC2(N)CO2)c2ncc(F)c(F)c21. The number of nitrogens with zero attached hydrogens (tertiary/aromatic N) is 2. The molecule has 3 heterocycles. The number of hydrogen-bond donors (Lipinski definition) is 1. The largest absolute Gasteiger partial charge is 0.360 e. The van der Waals surface area contributed by atoms with Crippen molar-refractivity contribution in [3.8, 4) is 0 Å². The van der Waals surface area contributed by atoms with Gasteiger partial charge < -0.3 is 15.2 Å². The maximum Gasteiger partial charge on any atom is 0.265 e. The van der Waals surface area contributed by atoms with Crippen LogP contribution in [0.4, 0.5) is 23.4 Å². The van der Waals surface area contributed by atoms with E-state index in [1.165, 1.54) is 0 Å². The van der Waals surface area contributed by atoms with Gasteiger partial charge in [0.05, 0.1) is 38.3 Å². The van der Waals surface area contributed by atoms with E-state index in [1.54, 1.807) is 6.92 Å². The predicted octanol–water partition coefficient (Wildman–Crippen LogP) is 2.35. The number of amides is 1. The van der Waals surface area contributed by atoms with Crippen molar-refractivity contribution in [3.05, 3.63) is 23.4 Å². The third-order valence-corrected chi connectivity index (χ3v) is 5.17. The summed E-state index contributed by atoms with van der Waals surface area (Å²) in [7, 11) is 0. The smallest absolute Gasteiger partial charge is 0.265 e. The molecule has 1 aromatic rings. The number of halogens is 4. The molecule has 28 heavy (non-hydrogen) atoms. The van der Waals surface area contributed by atoms with Crippen LogP contribution in [0.3, 0.4) is 0 Å². The summed E-state index contributed by atoms with van der Waals surface area (Å²) in [4.78, 5) is 18.5. The maximum atomic E-state index is 14.9. The van der Waals surface area contributed by atoms with Crippen LogP contribution < -0.4 is 10.6 Å². The molecule has 2 aliphatic heterocycles. The van der Waals surface area contributed by atoms with Gasteiger partial charge in [-0.25, -0.2) is 13.8 Å². The van der Waals surface area contributed by atoms with Gasteiger partial charge in [0.1, 0.15) is 5.82 Å². The summed E-state index contributed by atoms with van der Waals surface area (Å²) in [5, 5.41) is 0. The Morgan fingerprint density at radius 3 is 2.64 bits per heavy atom. The van der Waals surface area contributed by atoms with Gasteiger partial charge in [-0.1, -0.05) is 0 Å². The first-order chi connectivity index (χ1) is 13.3. The average Bonchev–Trinajstić information content (AvgIpc) is 3.35. The number of ether oxygens (including phenoxy) is 2. The second kappa shape index (κ2) is 7.92. The summed E-state index contributed by atoms with van der Waals surface area (Å²) >= 11 is 0. The Labute approximate surface area is 160 Å². The summed E-state index contributed by atoms with van der Waals surface area (Å²) in [6, 6.07) is 0. The van der Waals surface area contributed by atoms with E-state index in [0.717, 1.165) is 4.90 Å². The zero-order chi connectivity index (χ0) is 20.5. The van der Waals surface area contributed by atoms with E-state index in [1.807, 2.05) is 0 Å². The van der Waals surface area contributed by atoms with Crippen LogP contribution in [-0.4, -0.2) is 49.7 Å². The van der Waals surface area contributed by atoms with E-state index in [0.29, 0.717) is 6.20 Å². The molecule has 0 spiro atoms. The molecule has 156 valence electrons. The van der Waals surface area contributed by atoms with Crippen LogP contribution in [0.1, 0.15) is 31.7 Å². The van der Waals surface area contributed by atoms with Gasteiger partial charge >= 0.3 is 0 Å². The third kappa shape index (κ3) is 3.37. The molecule has 1 fully saturated rings. The second-order valence-corrected chi connectivity index (χ2v) is 7.04. The third-order valence-electron chi connectivity index (χ3n) is 5.17. The number of epoxide rings is 1. The lowest BCUT2D eigenvalue weighted by Gasteiger charge is -2.36. The normalized spacial score (nSPS) is 27.2. The quantitative estimate of drug-likeness (QED) is 0.477. The summed E-state index contributed by atoms with van der Waals surface area (Å²) in [6.07, 6.45) is 0.564. The maximum absolute atomic E-state index is 14.9. The molecule has 2 N–H and O–H groups in total. The molecule has 3 rings (SSSR count). The Morgan fingerprint density at radius 2 is 2.07 bits per heavy atom. The molecule has 0 aliphatic carbocycles.